The monoisotopic (exact) mass is 383 g/mol. The minimum absolute atomic E-state index is 0.0857. The molecule has 12 heteroatoms. The van der Waals surface area contributed by atoms with Crippen LogP contribution in [0.2, 0.25) is 0 Å². The molecule has 2 aromatic rings. The number of alkyl halides is 3. The van der Waals surface area contributed by atoms with Crippen molar-refractivity contribution < 1.29 is 28.0 Å². The molecule has 1 atom stereocenters. The van der Waals surface area contributed by atoms with Gasteiger partial charge in [0, 0.05) is 18.5 Å². The lowest BCUT2D eigenvalue weighted by Crippen LogP contribution is -2.20. The van der Waals surface area contributed by atoms with Gasteiger partial charge in [-0.1, -0.05) is 6.08 Å². The smallest absolute Gasteiger partial charge is 0.420 e. The summed E-state index contributed by atoms with van der Waals surface area (Å²) in [4.78, 5) is 32.1. The summed E-state index contributed by atoms with van der Waals surface area (Å²) in [7, 11) is 0. The summed E-state index contributed by atoms with van der Waals surface area (Å²) in [6, 6.07) is 0.720. The number of carbonyl (C=O) groups is 1. The first-order valence-electron chi connectivity index (χ1n) is 7.29. The van der Waals surface area contributed by atoms with Crippen LogP contribution in [0.3, 0.4) is 0 Å². The van der Waals surface area contributed by atoms with E-state index in [-0.39, 0.29) is 18.3 Å². The summed E-state index contributed by atoms with van der Waals surface area (Å²) in [5, 5.41) is 22.4. The Bertz CT molecular complexity index is 874. The molecule has 0 aliphatic carbocycles. The predicted octanol–water partition coefficient (Wildman–Crippen LogP) is 3.23. The zero-order chi connectivity index (χ0) is 20.2. The van der Waals surface area contributed by atoms with Gasteiger partial charge in [0.05, 0.1) is 11.0 Å². The number of nitrogens with one attached hydrogen (secondary N) is 1. The number of rotatable bonds is 7. The van der Waals surface area contributed by atoms with Gasteiger partial charge in [-0.3, -0.25) is 10.1 Å². The van der Waals surface area contributed by atoms with E-state index in [1.165, 1.54) is 24.5 Å². The number of pyridine rings is 1. The van der Waals surface area contributed by atoms with Crippen LogP contribution >= 0.6 is 0 Å². The topological polar surface area (TPSA) is 131 Å². The van der Waals surface area contributed by atoms with Crippen LogP contribution in [-0.4, -0.2) is 31.0 Å². The van der Waals surface area contributed by atoms with Gasteiger partial charge in [0.2, 0.25) is 5.69 Å². The van der Waals surface area contributed by atoms with Crippen LogP contribution in [0.5, 0.6) is 0 Å². The van der Waals surface area contributed by atoms with Gasteiger partial charge in [-0.2, -0.15) is 13.2 Å². The molecule has 1 unspecified atom stereocenters. The zero-order valence-electron chi connectivity index (χ0n) is 13.5. The second-order valence-electron chi connectivity index (χ2n) is 5.14. The Kier molecular flexibility index (Phi) is 5.68. The number of aromatic carboxylic acids is 1. The number of carboxylic acid groups (broad SMARTS) is 1. The van der Waals surface area contributed by atoms with Gasteiger partial charge in [0.15, 0.2) is 5.82 Å². The molecule has 0 aliphatic rings. The number of nitrogens with zero attached hydrogens (tertiary/aromatic N) is 4. The van der Waals surface area contributed by atoms with E-state index in [1.54, 1.807) is 0 Å². The summed E-state index contributed by atoms with van der Waals surface area (Å²) in [5.74, 6) is -2.61. The van der Waals surface area contributed by atoms with Crippen molar-refractivity contribution in [2.45, 2.75) is 18.6 Å². The number of hydrogen-bond donors (Lipinski definition) is 2. The normalized spacial score (nSPS) is 12.3. The third-order valence-electron chi connectivity index (χ3n) is 3.32. The van der Waals surface area contributed by atoms with Gasteiger partial charge in [-0.25, -0.2) is 19.7 Å². The maximum absolute atomic E-state index is 13.4. The summed E-state index contributed by atoms with van der Waals surface area (Å²) in [6.45, 7) is 3.50. The first kappa shape index (κ1) is 19.8. The lowest BCUT2D eigenvalue weighted by atomic mass is 10.1. The molecule has 2 aromatic heterocycles. The van der Waals surface area contributed by atoms with Crippen LogP contribution in [0.15, 0.2) is 37.2 Å². The molecule has 0 saturated carbocycles. The first-order valence-corrected chi connectivity index (χ1v) is 7.29. The standard InChI is InChI=1S/C15H12F3N5O4/c1-2-4-9(13-19-5-3-6-20-13)21-12-8(15(16,17)18)7-10(23(26)27)11(22-12)14(24)25/h2-3,5-7,9H,1,4H2,(H,21,22)(H,24,25). The van der Waals surface area contributed by atoms with Crippen molar-refractivity contribution in [3.63, 3.8) is 0 Å². The van der Waals surface area contributed by atoms with E-state index in [0.717, 1.165) is 0 Å². The van der Waals surface area contributed by atoms with Crippen molar-refractivity contribution in [3.05, 3.63) is 64.4 Å². The lowest BCUT2D eigenvalue weighted by molar-refractivity contribution is -0.385. The maximum atomic E-state index is 13.4. The number of anilines is 1. The highest BCUT2D eigenvalue weighted by Crippen LogP contribution is 2.38. The number of aromatic nitrogens is 3. The van der Waals surface area contributed by atoms with Gasteiger partial charge in [0.1, 0.15) is 11.4 Å². The number of halogens is 3. The van der Waals surface area contributed by atoms with Crippen molar-refractivity contribution >= 4 is 17.5 Å². The van der Waals surface area contributed by atoms with Crippen LogP contribution in [0.25, 0.3) is 0 Å². The third-order valence-corrected chi connectivity index (χ3v) is 3.32. The Morgan fingerprint density at radius 1 is 1.41 bits per heavy atom. The van der Waals surface area contributed by atoms with Crippen LogP contribution in [0.1, 0.15) is 34.3 Å². The molecule has 0 radical (unpaired) electrons. The molecule has 0 amide bonds. The molecule has 0 bridgehead atoms. The molecular weight excluding hydrogens is 371 g/mol. The number of carboxylic acids is 1. The van der Waals surface area contributed by atoms with Gasteiger partial charge >= 0.3 is 17.8 Å². The average Bonchev–Trinajstić information content (AvgIpc) is 2.60. The van der Waals surface area contributed by atoms with Gasteiger partial charge in [-0.15, -0.1) is 6.58 Å². The van der Waals surface area contributed by atoms with E-state index < -0.39 is 45.9 Å². The molecule has 2 rings (SSSR count). The maximum Gasteiger partial charge on any atom is 0.420 e. The van der Waals surface area contributed by atoms with Gasteiger partial charge in [0.25, 0.3) is 0 Å². The Hall–Kier alpha value is -3.57. The van der Waals surface area contributed by atoms with E-state index in [9.17, 15) is 28.1 Å². The Morgan fingerprint density at radius 2 is 2.04 bits per heavy atom. The first-order chi connectivity index (χ1) is 12.6. The van der Waals surface area contributed by atoms with Crippen molar-refractivity contribution in [2.24, 2.45) is 0 Å². The molecule has 0 fully saturated rings. The highest BCUT2D eigenvalue weighted by Gasteiger charge is 2.39. The molecule has 0 spiro atoms. The largest absolute Gasteiger partial charge is 0.476 e. The number of hydrogen-bond acceptors (Lipinski definition) is 7. The minimum atomic E-state index is -5.02. The Balaban J connectivity index is 2.62. The molecule has 0 aromatic carbocycles. The fourth-order valence-electron chi connectivity index (χ4n) is 2.18. The van der Waals surface area contributed by atoms with Crippen LogP contribution < -0.4 is 5.32 Å². The van der Waals surface area contributed by atoms with Crippen molar-refractivity contribution in [3.8, 4) is 0 Å². The quantitative estimate of drug-likeness (QED) is 0.423. The molecule has 142 valence electrons. The van der Waals surface area contributed by atoms with E-state index in [0.29, 0.717) is 0 Å². The van der Waals surface area contributed by atoms with E-state index in [2.05, 4.69) is 26.8 Å². The van der Waals surface area contributed by atoms with Crippen LogP contribution in [0, 0.1) is 10.1 Å². The van der Waals surface area contributed by atoms with Gasteiger partial charge in [-0.05, 0) is 12.5 Å². The molecule has 2 N–H and O–H groups in total. The second kappa shape index (κ2) is 7.76. The SMILES string of the molecule is C=CCC(Nc1nc(C(=O)O)c([N+](=O)[O-])cc1C(F)(F)F)c1ncccn1. The zero-order valence-corrected chi connectivity index (χ0v) is 13.5. The van der Waals surface area contributed by atoms with E-state index in [4.69, 9.17) is 5.11 Å². The van der Waals surface area contributed by atoms with Crippen molar-refractivity contribution in [1.82, 2.24) is 15.0 Å². The highest BCUT2D eigenvalue weighted by molar-refractivity contribution is 5.91. The fourth-order valence-corrected chi connectivity index (χ4v) is 2.18. The summed E-state index contributed by atoms with van der Waals surface area (Å²) in [5.41, 5.74) is -3.87. The minimum Gasteiger partial charge on any atom is -0.476 e. The third kappa shape index (κ3) is 4.54. The average molecular weight is 383 g/mol. The number of nitro groups is 1. The Morgan fingerprint density at radius 3 is 2.52 bits per heavy atom. The van der Waals surface area contributed by atoms with E-state index >= 15 is 0 Å². The van der Waals surface area contributed by atoms with Crippen molar-refractivity contribution in [1.29, 1.82) is 0 Å². The second-order valence-corrected chi connectivity index (χ2v) is 5.14. The predicted molar refractivity (Wildman–Crippen MR) is 86.1 cm³/mol. The molecular formula is C15H12F3N5O4. The highest BCUT2D eigenvalue weighted by atomic mass is 19.4. The molecule has 2 heterocycles. The van der Waals surface area contributed by atoms with Crippen LogP contribution in [-0.2, 0) is 6.18 Å². The van der Waals surface area contributed by atoms with Crippen molar-refractivity contribution in [2.75, 3.05) is 5.32 Å². The summed E-state index contributed by atoms with van der Waals surface area (Å²) >= 11 is 0. The fraction of sp³-hybridized carbons (Fsp3) is 0.200. The summed E-state index contributed by atoms with van der Waals surface area (Å²) in [6.07, 6.45) is -0.798. The lowest BCUT2D eigenvalue weighted by Gasteiger charge is -2.20. The van der Waals surface area contributed by atoms with Gasteiger partial charge < -0.3 is 10.4 Å². The molecule has 9 nitrogen and oxygen atoms in total. The van der Waals surface area contributed by atoms with Crippen LogP contribution in [0.4, 0.5) is 24.7 Å². The molecule has 0 aliphatic heterocycles. The summed E-state index contributed by atoms with van der Waals surface area (Å²) < 4.78 is 40.1. The van der Waals surface area contributed by atoms with E-state index in [1.807, 2.05) is 0 Å². The molecule has 0 saturated heterocycles. The Labute approximate surface area is 149 Å². The molecule has 27 heavy (non-hydrogen) atoms.